The van der Waals surface area contributed by atoms with Gasteiger partial charge in [-0.15, -0.1) is 0 Å². The Morgan fingerprint density at radius 3 is 2.26 bits per heavy atom. The zero-order valence-electron chi connectivity index (χ0n) is 14.4. The van der Waals surface area contributed by atoms with Gasteiger partial charge < -0.3 is 9.90 Å². The first-order valence-corrected chi connectivity index (χ1v) is 8.98. The minimum atomic E-state index is -1.19. The third-order valence-electron chi connectivity index (χ3n) is 4.64. The van der Waals surface area contributed by atoms with E-state index in [2.05, 4.69) is 12.1 Å². The molecule has 5 heteroatoms. The summed E-state index contributed by atoms with van der Waals surface area (Å²) in [4.78, 5) is 11.0. The molecule has 3 aromatic rings. The van der Waals surface area contributed by atoms with Crippen molar-refractivity contribution in [2.45, 2.75) is 12.5 Å². The van der Waals surface area contributed by atoms with Gasteiger partial charge in [0, 0.05) is 11.4 Å². The van der Waals surface area contributed by atoms with Crippen molar-refractivity contribution in [1.82, 2.24) is 0 Å². The molecule has 0 saturated carbocycles. The maximum Gasteiger partial charge on any atom is 0.0831 e. The van der Waals surface area contributed by atoms with Crippen LogP contribution in [0, 0.1) is 0 Å². The van der Waals surface area contributed by atoms with Crippen LogP contribution in [0.4, 0.5) is 5.69 Å². The number of aromatic carboxylic acids is 1. The SMILES string of the molecule is O=C([O-])c1ccc(N2N=C(c3ccc(Cl)cc3)C[C@@H]2c2ccccc2)cc1. The molecule has 1 aliphatic rings. The Bertz CT molecular complexity index is 983. The Morgan fingerprint density at radius 2 is 1.63 bits per heavy atom. The van der Waals surface area contributed by atoms with E-state index in [4.69, 9.17) is 16.7 Å². The second-order valence-corrected chi connectivity index (χ2v) is 6.80. The molecule has 0 fully saturated rings. The Hall–Kier alpha value is -3.11. The molecule has 4 nitrogen and oxygen atoms in total. The lowest BCUT2D eigenvalue weighted by atomic mass is 9.98. The number of carboxylic acid groups (broad SMARTS) is 1. The first-order valence-electron chi connectivity index (χ1n) is 8.61. The number of hydrogen-bond donors (Lipinski definition) is 0. The van der Waals surface area contributed by atoms with Crippen molar-refractivity contribution in [3.63, 3.8) is 0 Å². The largest absolute Gasteiger partial charge is 0.545 e. The van der Waals surface area contributed by atoms with Crippen LogP contribution in [0.25, 0.3) is 0 Å². The molecule has 0 saturated heterocycles. The van der Waals surface area contributed by atoms with E-state index in [9.17, 15) is 9.90 Å². The number of carbonyl (C=O) groups excluding carboxylic acids is 1. The van der Waals surface area contributed by atoms with Gasteiger partial charge in [-0.2, -0.15) is 5.10 Å². The summed E-state index contributed by atoms with van der Waals surface area (Å²) in [6, 6.07) is 24.4. The molecule has 0 amide bonds. The quantitative estimate of drug-likeness (QED) is 0.691. The zero-order chi connectivity index (χ0) is 18.8. The lowest BCUT2D eigenvalue weighted by Crippen LogP contribution is -2.22. The highest BCUT2D eigenvalue weighted by molar-refractivity contribution is 6.30. The first kappa shape index (κ1) is 17.3. The summed E-state index contributed by atoms with van der Waals surface area (Å²) in [6.45, 7) is 0. The van der Waals surface area contributed by atoms with Crippen LogP contribution in [0.5, 0.6) is 0 Å². The number of rotatable bonds is 4. The minimum Gasteiger partial charge on any atom is -0.545 e. The summed E-state index contributed by atoms with van der Waals surface area (Å²) in [7, 11) is 0. The van der Waals surface area contributed by atoms with Gasteiger partial charge in [-0.3, -0.25) is 5.01 Å². The number of benzene rings is 3. The summed E-state index contributed by atoms with van der Waals surface area (Å²) in [5.41, 5.74) is 4.11. The number of carbonyl (C=O) groups is 1. The van der Waals surface area contributed by atoms with Crippen molar-refractivity contribution >= 4 is 29.0 Å². The van der Waals surface area contributed by atoms with E-state index in [1.807, 2.05) is 47.5 Å². The van der Waals surface area contributed by atoms with Crippen molar-refractivity contribution in [2.75, 3.05) is 5.01 Å². The lowest BCUT2D eigenvalue weighted by Gasteiger charge is -2.24. The topological polar surface area (TPSA) is 55.7 Å². The van der Waals surface area contributed by atoms with Crippen molar-refractivity contribution in [1.29, 1.82) is 0 Å². The molecule has 0 radical (unpaired) electrons. The average Bonchev–Trinajstić information content (AvgIpc) is 3.15. The normalized spacial score (nSPS) is 16.3. The van der Waals surface area contributed by atoms with E-state index in [1.54, 1.807) is 24.3 Å². The minimum absolute atomic E-state index is 0.0330. The number of anilines is 1. The molecule has 0 aliphatic carbocycles. The first-order chi connectivity index (χ1) is 13.1. The summed E-state index contributed by atoms with van der Waals surface area (Å²) in [5.74, 6) is -1.19. The van der Waals surface area contributed by atoms with Crippen molar-refractivity contribution < 1.29 is 9.90 Å². The van der Waals surface area contributed by atoms with Gasteiger partial charge in [0.1, 0.15) is 0 Å². The second kappa shape index (κ2) is 7.25. The predicted octanol–water partition coefficient (Wildman–Crippen LogP) is 4.06. The summed E-state index contributed by atoms with van der Waals surface area (Å²) in [6.07, 6.45) is 0.744. The van der Waals surface area contributed by atoms with E-state index in [-0.39, 0.29) is 11.6 Å². The molecule has 134 valence electrons. The van der Waals surface area contributed by atoms with Crippen LogP contribution in [0.1, 0.15) is 33.9 Å². The fraction of sp³-hybridized carbons (Fsp3) is 0.0909. The highest BCUT2D eigenvalue weighted by Gasteiger charge is 2.29. The summed E-state index contributed by atoms with van der Waals surface area (Å²) >= 11 is 6.00. The van der Waals surface area contributed by atoms with Gasteiger partial charge in [0.2, 0.25) is 0 Å². The van der Waals surface area contributed by atoms with Crippen LogP contribution in [0.2, 0.25) is 5.02 Å². The van der Waals surface area contributed by atoms with Gasteiger partial charge in [-0.1, -0.05) is 66.2 Å². The van der Waals surface area contributed by atoms with Crippen LogP contribution >= 0.6 is 11.6 Å². The smallest absolute Gasteiger partial charge is 0.0831 e. The number of halogens is 1. The van der Waals surface area contributed by atoms with Gasteiger partial charge in [-0.25, -0.2) is 0 Å². The van der Waals surface area contributed by atoms with Crippen molar-refractivity contribution in [3.05, 3.63) is 101 Å². The molecule has 3 aromatic carbocycles. The van der Waals surface area contributed by atoms with E-state index < -0.39 is 5.97 Å². The maximum absolute atomic E-state index is 11.0. The number of carboxylic acids is 1. The summed E-state index contributed by atoms with van der Waals surface area (Å²) in [5, 5.41) is 18.5. The third-order valence-corrected chi connectivity index (χ3v) is 4.89. The Balaban J connectivity index is 1.73. The predicted molar refractivity (Wildman–Crippen MR) is 105 cm³/mol. The fourth-order valence-electron chi connectivity index (χ4n) is 3.25. The molecular weight excluding hydrogens is 360 g/mol. The van der Waals surface area contributed by atoms with Crippen molar-refractivity contribution in [3.8, 4) is 0 Å². The van der Waals surface area contributed by atoms with Crippen LogP contribution in [-0.4, -0.2) is 11.7 Å². The maximum atomic E-state index is 11.0. The molecule has 4 rings (SSSR count). The van der Waals surface area contributed by atoms with Gasteiger partial charge in [0.15, 0.2) is 0 Å². The third kappa shape index (κ3) is 3.57. The standard InChI is InChI=1S/C22H17ClN2O2/c23-18-10-6-15(7-11-18)20-14-21(16-4-2-1-3-5-16)25(24-20)19-12-8-17(9-13-19)22(26)27/h1-13,21H,14H2,(H,26,27)/p-1/t21-/m1/s1. The van der Waals surface area contributed by atoms with Crippen LogP contribution in [0.15, 0.2) is 84.0 Å². The van der Waals surface area contributed by atoms with Gasteiger partial charge in [0.25, 0.3) is 0 Å². The zero-order valence-corrected chi connectivity index (χ0v) is 15.1. The molecule has 1 atom stereocenters. The van der Waals surface area contributed by atoms with Crippen LogP contribution < -0.4 is 10.1 Å². The highest BCUT2D eigenvalue weighted by atomic mass is 35.5. The molecule has 1 heterocycles. The monoisotopic (exact) mass is 375 g/mol. The van der Waals surface area contributed by atoms with E-state index in [0.29, 0.717) is 5.02 Å². The van der Waals surface area contributed by atoms with E-state index in [0.717, 1.165) is 28.9 Å². The van der Waals surface area contributed by atoms with E-state index >= 15 is 0 Å². The molecule has 27 heavy (non-hydrogen) atoms. The molecule has 0 N–H and O–H groups in total. The highest BCUT2D eigenvalue weighted by Crippen LogP contribution is 2.36. The molecular formula is C22H16ClN2O2-. The summed E-state index contributed by atoms with van der Waals surface area (Å²) < 4.78 is 0. The number of hydrazone groups is 1. The molecule has 0 aromatic heterocycles. The Kier molecular flexibility index (Phi) is 4.65. The second-order valence-electron chi connectivity index (χ2n) is 6.36. The van der Waals surface area contributed by atoms with Crippen LogP contribution in [0.3, 0.4) is 0 Å². The molecule has 1 aliphatic heterocycles. The average molecular weight is 376 g/mol. The molecule has 0 spiro atoms. The van der Waals surface area contributed by atoms with E-state index in [1.165, 1.54) is 0 Å². The number of hydrogen-bond acceptors (Lipinski definition) is 4. The van der Waals surface area contributed by atoms with Crippen molar-refractivity contribution in [2.24, 2.45) is 5.10 Å². The van der Waals surface area contributed by atoms with Gasteiger partial charge in [0.05, 0.1) is 23.4 Å². The fourth-order valence-corrected chi connectivity index (χ4v) is 3.38. The molecule has 0 unspecified atom stereocenters. The lowest BCUT2D eigenvalue weighted by molar-refractivity contribution is -0.255. The Morgan fingerprint density at radius 1 is 0.963 bits per heavy atom. The number of nitrogens with zero attached hydrogens (tertiary/aromatic N) is 2. The van der Waals surface area contributed by atoms with Crippen LogP contribution in [-0.2, 0) is 0 Å². The van der Waals surface area contributed by atoms with Gasteiger partial charge in [-0.05, 0) is 41.0 Å². The Labute approximate surface area is 162 Å². The molecule has 0 bridgehead atoms. The van der Waals surface area contributed by atoms with Gasteiger partial charge >= 0.3 is 0 Å².